The predicted octanol–water partition coefficient (Wildman–Crippen LogP) is 3.35. The molecule has 17 heavy (non-hydrogen) atoms. The van der Waals surface area contributed by atoms with Crippen LogP contribution in [0.15, 0.2) is 48.7 Å². The van der Waals surface area contributed by atoms with Gasteiger partial charge in [-0.1, -0.05) is 36.4 Å². The molecule has 1 heterocycles. The highest BCUT2D eigenvalue weighted by Crippen LogP contribution is 2.34. The van der Waals surface area contributed by atoms with Crippen LogP contribution < -0.4 is 0 Å². The van der Waals surface area contributed by atoms with E-state index in [4.69, 9.17) is 0 Å². The van der Waals surface area contributed by atoms with Crippen molar-refractivity contribution in [2.45, 2.75) is 5.25 Å². The molecule has 0 amide bonds. The first-order chi connectivity index (χ1) is 8.36. The molecular formula is C14H13NOS. The first kappa shape index (κ1) is 11.9. The van der Waals surface area contributed by atoms with Crippen LogP contribution in [-0.4, -0.2) is 17.5 Å². The van der Waals surface area contributed by atoms with Crippen LogP contribution in [0.5, 0.6) is 0 Å². The lowest BCUT2D eigenvalue weighted by molar-refractivity contribution is 0.111. The normalized spacial score (nSPS) is 12.1. The molecule has 2 rings (SSSR count). The number of hydrogen-bond donors (Lipinski definition) is 0. The molecule has 0 saturated heterocycles. The minimum atomic E-state index is 0.157. The summed E-state index contributed by atoms with van der Waals surface area (Å²) in [5.41, 5.74) is 2.69. The standard InChI is InChI=1S/C14H13NOS/c1-17-14(11-6-3-2-4-7-11)12-8-5-9-15-13(12)10-16/h2-10,14H,1H3. The van der Waals surface area contributed by atoms with Crippen molar-refractivity contribution in [2.75, 3.05) is 6.26 Å². The van der Waals surface area contributed by atoms with E-state index in [1.54, 1.807) is 18.0 Å². The zero-order valence-electron chi connectivity index (χ0n) is 9.54. The van der Waals surface area contributed by atoms with Gasteiger partial charge in [0.1, 0.15) is 5.69 Å². The monoisotopic (exact) mass is 243 g/mol. The van der Waals surface area contributed by atoms with Crippen molar-refractivity contribution in [3.63, 3.8) is 0 Å². The van der Waals surface area contributed by atoms with Crippen LogP contribution in [-0.2, 0) is 0 Å². The van der Waals surface area contributed by atoms with Gasteiger partial charge in [0.05, 0.1) is 5.25 Å². The molecule has 86 valence electrons. The number of aldehydes is 1. The Balaban J connectivity index is 2.46. The number of rotatable bonds is 4. The summed E-state index contributed by atoms with van der Waals surface area (Å²) >= 11 is 1.71. The third-order valence-electron chi connectivity index (χ3n) is 2.60. The number of aromatic nitrogens is 1. The lowest BCUT2D eigenvalue weighted by Gasteiger charge is -2.16. The SMILES string of the molecule is CSC(c1ccccc1)c1cccnc1C=O. The number of carbonyl (C=O) groups excluding carboxylic acids is 1. The quantitative estimate of drug-likeness (QED) is 0.771. The topological polar surface area (TPSA) is 30.0 Å². The molecule has 0 aliphatic heterocycles. The van der Waals surface area contributed by atoms with Gasteiger partial charge in [-0.25, -0.2) is 0 Å². The molecule has 1 aromatic carbocycles. The highest BCUT2D eigenvalue weighted by atomic mass is 32.2. The van der Waals surface area contributed by atoms with Gasteiger partial charge in [0.2, 0.25) is 0 Å². The molecule has 3 heteroatoms. The summed E-state index contributed by atoms with van der Waals surface area (Å²) in [6, 6.07) is 14.0. The largest absolute Gasteiger partial charge is 0.296 e. The number of pyridine rings is 1. The Morgan fingerprint density at radius 3 is 2.59 bits per heavy atom. The Kier molecular flexibility index (Phi) is 3.94. The molecule has 0 spiro atoms. The van der Waals surface area contributed by atoms with E-state index in [0.29, 0.717) is 5.69 Å². The highest BCUT2D eigenvalue weighted by molar-refractivity contribution is 7.99. The second-order valence-electron chi connectivity index (χ2n) is 3.62. The van der Waals surface area contributed by atoms with Crippen molar-refractivity contribution in [2.24, 2.45) is 0 Å². The summed E-state index contributed by atoms with van der Waals surface area (Å²) in [6.07, 6.45) is 4.51. The fourth-order valence-corrected chi connectivity index (χ4v) is 2.70. The number of benzene rings is 1. The van der Waals surface area contributed by atoms with E-state index in [-0.39, 0.29) is 5.25 Å². The predicted molar refractivity (Wildman–Crippen MR) is 71.4 cm³/mol. The van der Waals surface area contributed by atoms with E-state index >= 15 is 0 Å². The van der Waals surface area contributed by atoms with Crippen LogP contribution in [0.25, 0.3) is 0 Å². The number of nitrogens with zero attached hydrogens (tertiary/aromatic N) is 1. The van der Waals surface area contributed by atoms with Gasteiger partial charge in [-0.2, -0.15) is 11.8 Å². The molecule has 1 unspecified atom stereocenters. The van der Waals surface area contributed by atoms with E-state index in [1.807, 2.05) is 36.6 Å². The maximum Gasteiger partial charge on any atom is 0.168 e. The van der Waals surface area contributed by atoms with E-state index in [0.717, 1.165) is 11.8 Å². The molecule has 2 aromatic rings. The van der Waals surface area contributed by atoms with E-state index in [9.17, 15) is 4.79 Å². The molecule has 0 radical (unpaired) electrons. The molecule has 0 N–H and O–H groups in total. The van der Waals surface area contributed by atoms with Gasteiger partial charge in [-0.3, -0.25) is 9.78 Å². The molecule has 0 aliphatic carbocycles. The van der Waals surface area contributed by atoms with Crippen molar-refractivity contribution in [3.8, 4) is 0 Å². The zero-order chi connectivity index (χ0) is 12.1. The minimum absolute atomic E-state index is 0.157. The van der Waals surface area contributed by atoms with Gasteiger partial charge < -0.3 is 0 Å². The maximum absolute atomic E-state index is 11.0. The third kappa shape index (κ3) is 2.56. The fourth-order valence-electron chi connectivity index (χ4n) is 1.82. The van der Waals surface area contributed by atoms with Crippen LogP contribution in [0.4, 0.5) is 0 Å². The van der Waals surface area contributed by atoms with Gasteiger partial charge in [0.25, 0.3) is 0 Å². The first-order valence-electron chi connectivity index (χ1n) is 5.34. The van der Waals surface area contributed by atoms with Gasteiger partial charge >= 0.3 is 0 Å². The van der Waals surface area contributed by atoms with E-state index in [1.165, 1.54) is 5.56 Å². The molecule has 1 aromatic heterocycles. The van der Waals surface area contributed by atoms with Gasteiger partial charge in [-0.15, -0.1) is 0 Å². The summed E-state index contributed by atoms with van der Waals surface area (Å²) in [5, 5.41) is 0.157. The summed E-state index contributed by atoms with van der Waals surface area (Å²) < 4.78 is 0. The van der Waals surface area contributed by atoms with Gasteiger partial charge in [0, 0.05) is 6.20 Å². The fraction of sp³-hybridized carbons (Fsp3) is 0.143. The van der Waals surface area contributed by atoms with Crippen molar-refractivity contribution >= 4 is 18.0 Å². The van der Waals surface area contributed by atoms with Crippen molar-refractivity contribution in [1.29, 1.82) is 0 Å². The first-order valence-corrected chi connectivity index (χ1v) is 6.63. The van der Waals surface area contributed by atoms with Crippen LogP contribution in [0.3, 0.4) is 0 Å². The Hall–Kier alpha value is -1.61. The average molecular weight is 243 g/mol. The Bertz CT molecular complexity index is 499. The lowest BCUT2D eigenvalue weighted by Crippen LogP contribution is -2.02. The summed E-state index contributed by atoms with van der Waals surface area (Å²) in [6.45, 7) is 0. The summed E-state index contributed by atoms with van der Waals surface area (Å²) in [4.78, 5) is 15.1. The van der Waals surface area contributed by atoms with Gasteiger partial charge in [-0.05, 0) is 23.4 Å². The van der Waals surface area contributed by atoms with Crippen LogP contribution in [0.1, 0.15) is 26.9 Å². The highest BCUT2D eigenvalue weighted by Gasteiger charge is 2.16. The van der Waals surface area contributed by atoms with Crippen LogP contribution in [0, 0.1) is 0 Å². The number of hydrogen-bond acceptors (Lipinski definition) is 3. The van der Waals surface area contributed by atoms with Gasteiger partial charge in [0.15, 0.2) is 6.29 Å². The Morgan fingerprint density at radius 2 is 1.94 bits per heavy atom. The smallest absolute Gasteiger partial charge is 0.168 e. The average Bonchev–Trinajstić information content (AvgIpc) is 2.41. The lowest BCUT2D eigenvalue weighted by atomic mass is 10.0. The van der Waals surface area contributed by atoms with E-state index in [2.05, 4.69) is 17.1 Å². The number of thioether (sulfide) groups is 1. The molecule has 2 nitrogen and oxygen atoms in total. The summed E-state index contributed by atoms with van der Waals surface area (Å²) in [5.74, 6) is 0. The number of carbonyl (C=O) groups is 1. The van der Waals surface area contributed by atoms with Crippen molar-refractivity contribution in [3.05, 3.63) is 65.5 Å². The Morgan fingerprint density at radius 1 is 1.18 bits per heavy atom. The maximum atomic E-state index is 11.0. The second-order valence-corrected chi connectivity index (χ2v) is 4.56. The molecule has 0 fully saturated rings. The molecular weight excluding hydrogens is 230 g/mol. The molecule has 0 saturated carbocycles. The third-order valence-corrected chi connectivity index (χ3v) is 3.60. The molecule has 0 bridgehead atoms. The van der Waals surface area contributed by atoms with Crippen LogP contribution >= 0.6 is 11.8 Å². The Labute approximate surface area is 105 Å². The molecule has 1 atom stereocenters. The van der Waals surface area contributed by atoms with Crippen LogP contribution in [0.2, 0.25) is 0 Å². The van der Waals surface area contributed by atoms with E-state index < -0.39 is 0 Å². The minimum Gasteiger partial charge on any atom is -0.296 e. The molecule has 0 aliphatic rings. The van der Waals surface area contributed by atoms with Crippen molar-refractivity contribution < 1.29 is 4.79 Å². The second kappa shape index (κ2) is 5.64. The summed E-state index contributed by atoms with van der Waals surface area (Å²) in [7, 11) is 0. The zero-order valence-corrected chi connectivity index (χ0v) is 10.4. The van der Waals surface area contributed by atoms with Crippen molar-refractivity contribution in [1.82, 2.24) is 4.98 Å².